The van der Waals surface area contributed by atoms with Crippen molar-refractivity contribution < 1.29 is 0 Å². The molecular weight excluding hydrogens is 199 g/mol. The zero-order valence-corrected chi connectivity index (χ0v) is 8.43. The number of hydrogen-bond donors (Lipinski definition) is 0. The molecule has 0 fully saturated rings. The van der Waals surface area contributed by atoms with Crippen molar-refractivity contribution >= 4 is 19.4 Å². The van der Waals surface area contributed by atoms with Gasteiger partial charge in [0, 0.05) is 0 Å². The molecule has 0 saturated carbocycles. The molecule has 0 atom stereocenters. The van der Waals surface area contributed by atoms with Crippen LogP contribution in [0, 0.1) is 17.7 Å². The Bertz CT molecular complexity index is 291. The second kappa shape index (κ2) is 4.23. The fourth-order valence-electron chi connectivity index (χ4n) is 0.777. The third-order valence-electron chi connectivity index (χ3n) is 1.36. The van der Waals surface area contributed by atoms with Crippen LogP contribution >= 0.6 is 0 Å². The van der Waals surface area contributed by atoms with E-state index in [0.717, 1.165) is 0 Å². The van der Waals surface area contributed by atoms with Gasteiger partial charge in [0.05, 0.1) is 0 Å². The van der Waals surface area contributed by atoms with Crippen molar-refractivity contribution in [3.63, 3.8) is 0 Å². The standard InChI is InChI=1S/C10H10Se/c1-3-8-11-10-7-5-4-6-9(10)2/h4-7H,1-2H3. The molecule has 1 aromatic rings. The first-order valence-electron chi connectivity index (χ1n) is 3.49. The molecule has 0 heterocycles. The van der Waals surface area contributed by atoms with E-state index in [9.17, 15) is 0 Å². The number of benzene rings is 1. The van der Waals surface area contributed by atoms with Crippen LogP contribution in [-0.2, 0) is 0 Å². The fourth-order valence-corrected chi connectivity index (χ4v) is 2.01. The number of hydrogen-bond acceptors (Lipinski definition) is 0. The summed E-state index contributed by atoms with van der Waals surface area (Å²) in [6, 6.07) is 8.42. The summed E-state index contributed by atoms with van der Waals surface area (Å²) in [5.41, 5.74) is 1.36. The Balaban J connectivity index is 2.83. The summed E-state index contributed by atoms with van der Waals surface area (Å²) in [6.45, 7) is 4.02. The third-order valence-corrected chi connectivity index (χ3v) is 3.42. The summed E-state index contributed by atoms with van der Waals surface area (Å²) in [5, 5.41) is 0. The zero-order valence-electron chi connectivity index (χ0n) is 6.72. The first-order chi connectivity index (χ1) is 5.34. The Hall–Kier alpha value is -0.701. The van der Waals surface area contributed by atoms with Crippen molar-refractivity contribution in [2.75, 3.05) is 0 Å². The van der Waals surface area contributed by atoms with Crippen LogP contribution in [-0.4, -0.2) is 15.0 Å². The Labute approximate surface area is 74.2 Å². The molecular formula is C10H10Se. The van der Waals surface area contributed by atoms with E-state index in [1.54, 1.807) is 0 Å². The van der Waals surface area contributed by atoms with Gasteiger partial charge in [-0.3, -0.25) is 0 Å². The van der Waals surface area contributed by atoms with Gasteiger partial charge < -0.3 is 0 Å². The molecule has 0 spiro atoms. The van der Waals surface area contributed by atoms with E-state index in [4.69, 9.17) is 0 Å². The Morgan fingerprint density at radius 3 is 2.64 bits per heavy atom. The predicted octanol–water partition coefficient (Wildman–Crippen LogP) is 1.31. The second-order valence-corrected chi connectivity index (χ2v) is 4.00. The summed E-state index contributed by atoms with van der Waals surface area (Å²) >= 11 is 0.347. The summed E-state index contributed by atoms with van der Waals surface area (Å²) in [4.78, 5) is 3.12. The van der Waals surface area contributed by atoms with Crippen LogP contribution in [0.4, 0.5) is 0 Å². The molecule has 0 aliphatic rings. The van der Waals surface area contributed by atoms with Crippen molar-refractivity contribution in [3.05, 3.63) is 29.8 Å². The summed E-state index contributed by atoms with van der Waals surface area (Å²) in [7, 11) is 0. The first kappa shape index (κ1) is 8.40. The first-order valence-corrected chi connectivity index (χ1v) is 5.20. The van der Waals surface area contributed by atoms with Crippen LogP contribution in [0.25, 0.3) is 0 Å². The molecule has 0 saturated heterocycles. The van der Waals surface area contributed by atoms with Crippen molar-refractivity contribution in [2.45, 2.75) is 13.8 Å². The summed E-state index contributed by atoms with van der Waals surface area (Å²) < 4.78 is 1.40. The minimum absolute atomic E-state index is 0.347. The number of rotatable bonds is 1. The molecule has 0 radical (unpaired) electrons. The van der Waals surface area contributed by atoms with Crippen LogP contribution < -0.4 is 4.46 Å². The molecule has 0 unspecified atom stereocenters. The zero-order chi connectivity index (χ0) is 8.10. The van der Waals surface area contributed by atoms with Gasteiger partial charge in [0.15, 0.2) is 0 Å². The van der Waals surface area contributed by atoms with Crippen LogP contribution in [0.1, 0.15) is 12.5 Å². The molecule has 0 aromatic heterocycles. The third kappa shape index (κ3) is 2.42. The van der Waals surface area contributed by atoms with Gasteiger partial charge in [-0.25, -0.2) is 0 Å². The van der Waals surface area contributed by atoms with E-state index in [0.29, 0.717) is 15.0 Å². The van der Waals surface area contributed by atoms with E-state index in [2.05, 4.69) is 41.9 Å². The van der Waals surface area contributed by atoms with Gasteiger partial charge in [0.2, 0.25) is 0 Å². The van der Waals surface area contributed by atoms with Gasteiger partial charge in [-0.15, -0.1) is 0 Å². The second-order valence-electron chi connectivity index (χ2n) is 2.22. The quantitative estimate of drug-likeness (QED) is 0.483. The van der Waals surface area contributed by atoms with Crippen LogP contribution in [0.5, 0.6) is 0 Å². The maximum absolute atomic E-state index is 3.12. The van der Waals surface area contributed by atoms with Gasteiger partial charge in [0.1, 0.15) is 0 Å². The van der Waals surface area contributed by atoms with E-state index < -0.39 is 0 Å². The molecule has 0 nitrogen and oxygen atoms in total. The van der Waals surface area contributed by atoms with Crippen molar-refractivity contribution in [1.29, 1.82) is 0 Å². The molecule has 0 N–H and O–H groups in total. The van der Waals surface area contributed by atoms with Gasteiger partial charge in [-0.1, -0.05) is 0 Å². The maximum atomic E-state index is 3.12. The topological polar surface area (TPSA) is 0 Å². The monoisotopic (exact) mass is 210 g/mol. The normalized spacial score (nSPS) is 8.55. The van der Waals surface area contributed by atoms with Gasteiger partial charge in [-0.2, -0.15) is 0 Å². The van der Waals surface area contributed by atoms with Gasteiger partial charge >= 0.3 is 73.8 Å². The average molecular weight is 209 g/mol. The van der Waals surface area contributed by atoms with E-state index >= 15 is 0 Å². The van der Waals surface area contributed by atoms with Crippen molar-refractivity contribution in [2.24, 2.45) is 0 Å². The van der Waals surface area contributed by atoms with E-state index in [1.165, 1.54) is 10.0 Å². The van der Waals surface area contributed by atoms with Crippen molar-refractivity contribution in [3.8, 4) is 10.7 Å². The van der Waals surface area contributed by atoms with E-state index in [1.807, 2.05) is 6.92 Å². The molecule has 1 heteroatoms. The Kier molecular flexibility index (Phi) is 3.23. The molecule has 0 amide bonds. The Morgan fingerprint density at radius 1 is 1.27 bits per heavy atom. The van der Waals surface area contributed by atoms with Crippen LogP contribution in [0.3, 0.4) is 0 Å². The summed E-state index contributed by atoms with van der Waals surface area (Å²) in [5.74, 6) is 2.92. The molecule has 1 aromatic carbocycles. The SMILES string of the molecule is CC#C[Se]c1ccccc1C. The van der Waals surface area contributed by atoms with Crippen LogP contribution in [0.15, 0.2) is 24.3 Å². The fraction of sp³-hybridized carbons (Fsp3) is 0.200. The van der Waals surface area contributed by atoms with E-state index in [-0.39, 0.29) is 0 Å². The molecule has 0 aliphatic heterocycles. The molecule has 56 valence electrons. The molecule has 11 heavy (non-hydrogen) atoms. The predicted molar refractivity (Wildman–Crippen MR) is 50.0 cm³/mol. The minimum atomic E-state index is 0.347. The van der Waals surface area contributed by atoms with Gasteiger partial charge in [-0.05, 0) is 0 Å². The number of aryl methyl sites for hydroxylation is 1. The molecule has 0 bridgehead atoms. The Morgan fingerprint density at radius 2 is 2.00 bits per heavy atom. The molecule has 1 rings (SSSR count). The van der Waals surface area contributed by atoms with Crippen LogP contribution in [0.2, 0.25) is 0 Å². The molecule has 0 aliphatic carbocycles. The van der Waals surface area contributed by atoms with Crippen molar-refractivity contribution in [1.82, 2.24) is 0 Å². The average Bonchev–Trinajstić information content (AvgIpc) is 2.03. The summed E-state index contributed by atoms with van der Waals surface area (Å²) in [6.07, 6.45) is 0. The van der Waals surface area contributed by atoms with Gasteiger partial charge in [0.25, 0.3) is 0 Å².